The fraction of sp³-hybridized carbons (Fsp3) is 0.154. The summed E-state index contributed by atoms with van der Waals surface area (Å²) in [5.41, 5.74) is 1.62. The van der Waals surface area contributed by atoms with Gasteiger partial charge in [-0.2, -0.15) is 9.78 Å². The highest BCUT2D eigenvalue weighted by atomic mass is 127. The van der Waals surface area contributed by atoms with Crippen molar-refractivity contribution in [2.45, 2.75) is 19.8 Å². The van der Waals surface area contributed by atoms with Gasteiger partial charge in [-0.1, -0.05) is 29.8 Å². The predicted octanol–water partition coefficient (Wildman–Crippen LogP) is 6.53. The minimum Gasteiger partial charge on any atom is -0.482 e. The molecule has 1 amide bonds. The van der Waals surface area contributed by atoms with Gasteiger partial charge in [0, 0.05) is 16.1 Å². The van der Waals surface area contributed by atoms with Crippen LogP contribution in [0.25, 0.3) is 10.9 Å². The lowest BCUT2D eigenvalue weighted by molar-refractivity contribution is -0.118. The number of ether oxygens (including phenoxy) is 1. The second-order valence-corrected chi connectivity index (χ2v) is 11.5. The van der Waals surface area contributed by atoms with Gasteiger partial charge in [0.1, 0.15) is 17.4 Å². The lowest BCUT2D eigenvalue weighted by Crippen LogP contribution is -2.23. The Hall–Kier alpha value is -2.39. The van der Waals surface area contributed by atoms with E-state index in [1.54, 1.807) is 12.3 Å². The van der Waals surface area contributed by atoms with Crippen molar-refractivity contribution in [3.8, 4) is 5.75 Å². The van der Waals surface area contributed by atoms with Crippen LogP contribution in [0.3, 0.4) is 0 Å². The van der Waals surface area contributed by atoms with Crippen LogP contribution in [0, 0.1) is 13.0 Å². The molecule has 0 aliphatic heterocycles. The number of nitrogens with one attached hydrogen (secondary N) is 1. The van der Waals surface area contributed by atoms with Gasteiger partial charge in [-0.05, 0) is 105 Å². The third-order valence-electron chi connectivity index (χ3n) is 5.17. The van der Waals surface area contributed by atoms with Crippen molar-refractivity contribution >= 4 is 89.8 Å². The molecule has 190 valence electrons. The number of hydrogen-bond acceptors (Lipinski definition) is 5. The number of halogens is 4. The van der Waals surface area contributed by atoms with E-state index in [0.29, 0.717) is 28.2 Å². The summed E-state index contributed by atoms with van der Waals surface area (Å²) in [4.78, 5) is 30.1. The monoisotopic (exact) mass is 788 g/mol. The summed E-state index contributed by atoms with van der Waals surface area (Å²) in [7, 11) is 0. The summed E-state index contributed by atoms with van der Waals surface area (Å²) in [6.45, 7) is 3.72. The van der Waals surface area contributed by atoms with Crippen molar-refractivity contribution < 1.29 is 13.9 Å². The average Bonchev–Trinajstić information content (AvgIpc) is 2.84. The molecule has 1 heterocycles. The van der Waals surface area contributed by atoms with Crippen LogP contribution in [0.5, 0.6) is 5.75 Å². The molecule has 0 bridgehead atoms. The zero-order valence-corrected chi connectivity index (χ0v) is 25.5. The van der Waals surface area contributed by atoms with Gasteiger partial charge >= 0.3 is 0 Å². The first-order chi connectivity index (χ1) is 17.6. The van der Waals surface area contributed by atoms with E-state index in [0.717, 1.165) is 17.2 Å². The summed E-state index contributed by atoms with van der Waals surface area (Å²) in [5.74, 6) is 0.365. The van der Waals surface area contributed by atoms with Crippen LogP contribution in [0.1, 0.15) is 31.2 Å². The SMILES string of the molecule is CC(C)c1nc2ccc(Br)cc2c(=O)n1N=Cc1cc(I)c(OCC(=O)Nc2ccc(F)cc2)c(I)c1. The van der Waals surface area contributed by atoms with Crippen molar-refractivity contribution in [3.05, 3.63) is 93.8 Å². The van der Waals surface area contributed by atoms with Gasteiger partial charge in [0.15, 0.2) is 6.61 Å². The van der Waals surface area contributed by atoms with Crippen LogP contribution >= 0.6 is 61.1 Å². The van der Waals surface area contributed by atoms with Gasteiger partial charge in [0.25, 0.3) is 11.5 Å². The number of carbonyl (C=O) groups excluding carboxylic acids is 1. The third-order valence-corrected chi connectivity index (χ3v) is 7.26. The van der Waals surface area contributed by atoms with E-state index in [1.165, 1.54) is 28.9 Å². The number of rotatable bonds is 7. The van der Waals surface area contributed by atoms with Gasteiger partial charge in [-0.25, -0.2) is 9.37 Å². The highest BCUT2D eigenvalue weighted by molar-refractivity contribution is 14.1. The van der Waals surface area contributed by atoms with Crippen LogP contribution in [0.2, 0.25) is 0 Å². The van der Waals surface area contributed by atoms with E-state index in [1.807, 2.05) is 38.1 Å². The first-order valence-corrected chi connectivity index (χ1v) is 14.0. The molecule has 0 aliphatic carbocycles. The number of hydrogen-bond donors (Lipinski definition) is 1. The number of nitrogens with zero attached hydrogens (tertiary/aromatic N) is 3. The third kappa shape index (κ3) is 6.74. The second-order valence-electron chi connectivity index (χ2n) is 8.31. The number of aromatic nitrogens is 2. The molecule has 0 saturated heterocycles. The number of carbonyl (C=O) groups is 1. The first-order valence-electron chi connectivity index (χ1n) is 11.1. The zero-order chi connectivity index (χ0) is 26.7. The van der Waals surface area contributed by atoms with Crippen molar-refractivity contribution in [2.24, 2.45) is 5.10 Å². The van der Waals surface area contributed by atoms with Crippen LogP contribution in [-0.4, -0.2) is 28.4 Å². The molecule has 4 aromatic rings. The molecule has 11 heteroatoms. The molecule has 0 spiro atoms. The van der Waals surface area contributed by atoms with E-state index in [4.69, 9.17) is 4.74 Å². The molecule has 0 saturated carbocycles. The smallest absolute Gasteiger partial charge is 0.282 e. The number of anilines is 1. The van der Waals surface area contributed by atoms with Crippen molar-refractivity contribution in [2.75, 3.05) is 11.9 Å². The first kappa shape index (κ1) is 27.6. The normalized spacial score (nSPS) is 11.4. The Balaban J connectivity index is 1.55. The average molecular weight is 789 g/mol. The maximum Gasteiger partial charge on any atom is 0.282 e. The molecule has 0 atom stereocenters. The largest absolute Gasteiger partial charge is 0.482 e. The van der Waals surface area contributed by atoms with E-state index in [-0.39, 0.29) is 29.8 Å². The molecule has 0 unspecified atom stereocenters. The van der Waals surface area contributed by atoms with Gasteiger partial charge < -0.3 is 10.1 Å². The predicted molar refractivity (Wildman–Crippen MR) is 163 cm³/mol. The summed E-state index contributed by atoms with van der Waals surface area (Å²) in [6.07, 6.45) is 1.61. The molecule has 1 aromatic heterocycles. The maximum absolute atomic E-state index is 13.2. The molecule has 0 aliphatic rings. The fourth-order valence-corrected chi connectivity index (χ4v) is 5.92. The van der Waals surface area contributed by atoms with Crippen molar-refractivity contribution in [1.29, 1.82) is 0 Å². The standard InChI is InChI=1S/C26H20BrFI2N4O3/c1-14(2)25-33-22-8-3-16(27)11-19(22)26(36)34(25)31-12-15-9-20(29)24(21(30)10-15)37-13-23(35)32-18-6-4-17(28)5-7-18/h3-12,14H,13H2,1-2H3,(H,32,35). The fourth-order valence-electron chi connectivity index (χ4n) is 3.44. The van der Waals surface area contributed by atoms with Gasteiger partial charge in [-0.3, -0.25) is 9.59 Å². The summed E-state index contributed by atoms with van der Waals surface area (Å²) < 4.78 is 22.5. The van der Waals surface area contributed by atoms with E-state index < -0.39 is 0 Å². The van der Waals surface area contributed by atoms with E-state index in [9.17, 15) is 14.0 Å². The highest BCUT2D eigenvalue weighted by Crippen LogP contribution is 2.29. The van der Waals surface area contributed by atoms with Crippen LogP contribution in [0.15, 0.2) is 69.0 Å². The van der Waals surface area contributed by atoms with Gasteiger partial charge in [0.2, 0.25) is 0 Å². The molecule has 0 radical (unpaired) electrons. The van der Waals surface area contributed by atoms with Gasteiger partial charge in [-0.15, -0.1) is 0 Å². The van der Waals surface area contributed by atoms with Gasteiger partial charge in [0.05, 0.1) is 24.3 Å². The Kier molecular flexibility index (Phi) is 8.95. The number of benzene rings is 3. The summed E-state index contributed by atoms with van der Waals surface area (Å²) in [6, 6.07) is 14.6. The second kappa shape index (κ2) is 12.0. The lowest BCUT2D eigenvalue weighted by Gasteiger charge is -2.13. The maximum atomic E-state index is 13.2. The molecule has 3 aromatic carbocycles. The Morgan fingerprint density at radius 2 is 1.84 bits per heavy atom. The molecular formula is C26H20BrFI2N4O3. The van der Waals surface area contributed by atoms with Crippen molar-refractivity contribution in [3.63, 3.8) is 0 Å². The Bertz CT molecular complexity index is 1550. The summed E-state index contributed by atoms with van der Waals surface area (Å²) in [5, 5.41) is 7.62. The minimum atomic E-state index is -0.378. The molecule has 4 rings (SSSR count). The molecular weight excluding hydrogens is 769 g/mol. The lowest BCUT2D eigenvalue weighted by atomic mass is 10.2. The topological polar surface area (TPSA) is 85.6 Å². The molecule has 0 fully saturated rings. The Morgan fingerprint density at radius 3 is 2.49 bits per heavy atom. The number of amides is 1. The van der Waals surface area contributed by atoms with Crippen LogP contribution in [-0.2, 0) is 4.79 Å². The highest BCUT2D eigenvalue weighted by Gasteiger charge is 2.15. The number of fused-ring (bicyclic) bond motifs is 1. The quantitative estimate of drug-likeness (QED) is 0.171. The van der Waals surface area contributed by atoms with E-state index >= 15 is 0 Å². The Labute approximate surface area is 247 Å². The summed E-state index contributed by atoms with van der Waals surface area (Å²) >= 11 is 7.67. The molecule has 1 N–H and O–H groups in total. The minimum absolute atomic E-state index is 0.0185. The zero-order valence-electron chi connectivity index (χ0n) is 19.6. The van der Waals surface area contributed by atoms with E-state index in [2.05, 4.69) is 76.5 Å². The van der Waals surface area contributed by atoms with Crippen LogP contribution in [0.4, 0.5) is 10.1 Å². The Morgan fingerprint density at radius 1 is 1.16 bits per heavy atom. The van der Waals surface area contributed by atoms with Crippen molar-refractivity contribution in [1.82, 2.24) is 9.66 Å². The molecule has 37 heavy (non-hydrogen) atoms. The van der Waals surface area contributed by atoms with Crippen LogP contribution < -0.4 is 15.6 Å². The molecule has 7 nitrogen and oxygen atoms in total.